The molecular formula is C32H38N2O3. The molecule has 5 heteroatoms. The molecule has 3 aromatic rings. The Hall–Kier alpha value is -3.60. The molecule has 3 aromatic carbocycles. The fraction of sp³-hybridized carbons (Fsp3) is 0.375. The summed E-state index contributed by atoms with van der Waals surface area (Å²) in [5, 5.41) is 3.25. The average molecular weight is 499 g/mol. The minimum atomic E-state index is -0.640. The third-order valence-electron chi connectivity index (χ3n) is 7.35. The van der Waals surface area contributed by atoms with Crippen LogP contribution in [0.25, 0.3) is 0 Å². The van der Waals surface area contributed by atoms with Gasteiger partial charge in [-0.05, 0) is 61.9 Å². The standard InChI is InChI=1S/C32H38N2O3/c1-23-16-18-27(19-17-23)21-34(31(35)22-37-30-15-9-10-24(2)25(30)3)29(20-26-11-5-4-6-12-26)32(36)33-28-13-7-8-14-28/h4-6,9-12,15-19,28-29H,7-8,13-14,20-22H2,1-3H3,(H,33,36)/t29-/m0/s1. The van der Waals surface area contributed by atoms with Crippen molar-refractivity contribution in [3.8, 4) is 5.75 Å². The maximum atomic E-state index is 13.8. The van der Waals surface area contributed by atoms with Gasteiger partial charge in [-0.1, -0.05) is 85.1 Å². The van der Waals surface area contributed by atoms with Crippen LogP contribution in [0.3, 0.4) is 0 Å². The van der Waals surface area contributed by atoms with Crippen LogP contribution in [-0.2, 0) is 22.6 Å². The molecule has 0 aliphatic heterocycles. The number of nitrogens with zero attached hydrogens (tertiary/aromatic N) is 1. The van der Waals surface area contributed by atoms with Crippen LogP contribution in [0.4, 0.5) is 0 Å². The first-order chi connectivity index (χ1) is 17.9. The fourth-order valence-corrected chi connectivity index (χ4v) is 4.91. The van der Waals surface area contributed by atoms with Gasteiger partial charge in [0.2, 0.25) is 5.91 Å². The van der Waals surface area contributed by atoms with E-state index < -0.39 is 6.04 Å². The number of amides is 2. The van der Waals surface area contributed by atoms with E-state index in [1.54, 1.807) is 4.90 Å². The Morgan fingerprint density at radius 3 is 2.30 bits per heavy atom. The van der Waals surface area contributed by atoms with E-state index in [1.807, 2.05) is 93.6 Å². The van der Waals surface area contributed by atoms with E-state index in [0.29, 0.717) is 18.7 Å². The summed E-state index contributed by atoms with van der Waals surface area (Å²) in [6, 6.07) is 23.4. The Morgan fingerprint density at radius 1 is 0.892 bits per heavy atom. The Bertz CT molecular complexity index is 1180. The zero-order valence-electron chi connectivity index (χ0n) is 22.2. The van der Waals surface area contributed by atoms with Crippen molar-refractivity contribution in [3.63, 3.8) is 0 Å². The summed E-state index contributed by atoms with van der Waals surface area (Å²) in [6.07, 6.45) is 4.69. The fourth-order valence-electron chi connectivity index (χ4n) is 4.91. The van der Waals surface area contributed by atoms with Gasteiger partial charge in [-0.15, -0.1) is 0 Å². The van der Waals surface area contributed by atoms with Crippen molar-refractivity contribution in [2.75, 3.05) is 6.61 Å². The first kappa shape index (κ1) is 26.5. The highest BCUT2D eigenvalue weighted by Gasteiger charge is 2.32. The maximum absolute atomic E-state index is 13.8. The van der Waals surface area contributed by atoms with Gasteiger partial charge in [-0.2, -0.15) is 0 Å². The van der Waals surface area contributed by atoms with E-state index in [-0.39, 0.29) is 24.5 Å². The number of aryl methyl sites for hydroxylation is 2. The monoisotopic (exact) mass is 498 g/mol. The molecule has 37 heavy (non-hydrogen) atoms. The van der Waals surface area contributed by atoms with E-state index in [1.165, 1.54) is 0 Å². The van der Waals surface area contributed by atoms with Gasteiger partial charge < -0.3 is 15.0 Å². The molecule has 0 saturated heterocycles. The lowest BCUT2D eigenvalue weighted by molar-refractivity contribution is -0.143. The van der Waals surface area contributed by atoms with Crippen LogP contribution < -0.4 is 10.1 Å². The van der Waals surface area contributed by atoms with E-state index in [4.69, 9.17) is 4.74 Å². The quantitative estimate of drug-likeness (QED) is 0.391. The Labute approximate surface area is 220 Å². The van der Waals surface area contributed by atoms with Crippen molar-refractivity contribution in [1.29, 1.82) is 0 Å². The molecule has 0 unspecified atom stereocenters. The zero-order chi connectivity index (χ0) is 26.2. The highest BCUT2D eigenvalue weighted by Crippen LogP contribution is 2.22. The third kappa shape index (κ3) is 7.22. The molecule has 1 atom stereocenters. The highest BCUT2D eigenvalue weighted by atomic mass is 16.5. The highest BCUT2D eigenvalue weighted by molar-refractivity contribution is 5.88. The van der Waals surface area contributed by atoms with E-state index in [9.17, 15) is 9.59 Å². The van der Waals surface area contributed by atoms with Crippen LogP contribution in [0, 0.1) is 20.8 Å². The SMILES string of the molecule is Cc1ccc(CN(C(=O)COc2cccc(C)c2C)[C@@H](Cc2ccccc2)C(=O)NC2CCCC2)cc1. The summed E-state index contributed by atoms with van der Waals surface area (Å²) in [5.74, 6) is 0.394. The van der Waals surface area contributed by atoms with Gasteiger partial charge in [0, 0.05) is 19.0 Å². The molecule has 5 nitrogen and oxygen atoms in total. The number of rotatable bonds is 10. The second-order valence-corrected chi connectivity index (χ2v) is 10.2. The number of hydrogen-bond donors (Lipinski definition) is 1. The molecule has 1 fully saturated rings. The van der Waals surface area contributed by atoms with Crippen molar-refractivity contribution >= 4 is 11.8 Å². The lowest BCUT2D eigenvalue weighted by Crippen LogP contribution is -2.53. The predicted octanol–water partition coefficient (Wildman–Crippen LogP) is 5.69. The van der Waals surface area contributed by atoms with Crippen molar-refractivity contribution in [2.45, 2.75) is 71.5 Å². The Balaban J connectivity index is 1.62. The molecule has 194 valence electrons. The van der Waals surface area contributed by atoms with Gasteiger partial charge in [0.1, 0.15) is 11.8 Å². The first-order valence-electron chi connectivity index (χ1n) is 13.3. The van der Waals surface area contributed by atoms with Crippen LogP contribution >= 0.6 is 0 Å². The minimum Gasteiger partial charge on any atom is -0.483 e. The smallest absolute Gasteiger partial charge is 0.261 e. The summed E-state index contributed by atoms with van der Waals surface area (Å²) in [6.45, 7) is 6.27. The molecule has 1 aliphatic carbocycles. The number of carbonyl (C=O) groups is 2. The normalized spacial score (nSPS) is 14.2. The van der Waals surface area contributed by atoms with Crippen LogP contribution in [-0.4, -0.2) is 35.4 Å². The van der Waals surface area contributed by atoms with Crippen LogP contribution in [0.2, 0.25) is 0 Å². The molecule has 1 aliphatic rings. The Morgan fingerprint density at radius 2 is 1.59 bits per heavy atom. The lowest BCUT2D eigenvalue weighted by Gasteiger charge is -2.32. The van der Waals surface area contributed by atoms with E-state index in [2.05, 4.69) is 5.32 Å². The largest absolute Gasteiger partial charge is 0.483 e. The van der Waals surface area contributed by atoms with Crippen LogP contribution in [0.5, 0.6) is 5.75 Å². The van der Waals surface area contributed by atoms with Crippen molar-refractivity contribution in [2.24, 2.45) is 0 Å². The van der Waals surface area contributed by atoms with Gasteiger partial charge in [0.25, 0.3) is 5.91 Å². The van der Waals surface area contributed by atoms with E-state index in [0.717, 1.165) is 53.5 Å². The molecule has 0 spiro atoms. The minimum absolute atomic E-state index is 0.0945. The number of carbonyl (C=O) groups excluding carboxylic acids is 2. The molecule has 1 N–H and O–H groups in total. The molecule has 4 rings (SSSR count). The zero-order valence-corrected chi connectivity index (χ0v) is 22.2. The maximum Gasteiger partial charge on any atom is 0.261 e. The second-order valence-electron chi connectivity index (χ2n) is 10.2. The van der Waals surface area contributed by atoms with Gasteiger partial charge in [-0.25, -0.2) is 0 Å². The molecule has 0 heterocycles. The number of nitrogens with one attached hydrogen (secondary N) is 1. The van der Waals surface area contributed by atoms with Crippen LogP contribution in [0.1, 0.15) is 53.5 Å². The lowest BCUT2D eigenvalue weighted by atomic mass is 10.0. The van der Waals surface area contributed by atoms with Crippen LogP contribution in [0.15, 0.2) is 72.8 Å². The molecular weight excluding hydrogens is 460 g/mol. The summed E-state index contributed by atoms with van der Waals surface area (Å²) in [7, 11) is 0. The summed E-state index contributed by atoms with van der Waals surface area (Å²) >= 11 is 0. The van der Waals surface area contributed by atoms with Gasteiger partial charge >= 0.3 is 0 Å². The molecule has 2 amide bonds. The van der Waals surface area contributed by atoms with Gasteiger partial charge in [0.15, 0.2) is 6.61 Å². The first-order valence-corrected chi connectivity index (χ1v) is 13.3. The molecule has 1 saturated carbocycles. The van der Waals surface area contributed by atoms with Crippen molar-refractivity contribution in [1.82, 2.24) is 10.2 Å². The summed E-state index contributed by atoms with van der Waals surface area (Å²) in [4.78, 5) is 29.2. The van der Waals surface area contributed by atoms with Crippen molar-refractivity contribution < 1.29 is 14.3 Å². The topological polar surface area (TPSA) is 58.6 Å². The molecule has 0 aromatic heterocycles. The number of ether oxygens (including phenoxy) is 1. The predicted molar refractivity (Wildman–Crippen MR) is 147 cm³/mol. The summed E-state index contributed by atoms with van der Waals surface area (Å²) < 4.78 is 6.01. The van der Waals surface area contributed by atoms with E-state index >= 15 is 0 Å². The molecule has 0 bridgehead atoms. The van der Waals surface area contributed by atoms with Gasteiger partial charge in [0.05, 0.1) is 0 Å². The average Bonchev–Trinajstić information content (AvgIpc) is 3.41. The number of hydrogen-bond acceptors (Lipinski definition) is 3. The third-order valence-corrected chi connectivity index (χ3v) is 7.35. The number of benzene rings is 3. The van der Waals surface area contributed by atoms with Gasteiger partial charge in [-0.3, -0.25) is 9.59 Å². The summed E-state index contributed by atoms with van der Waals surface area (Å²) in [5.41, 5.74) is 5.28. The second kappa shape index (κ2) is 12.6. The Kier molecular flexibility index (Phi) is 8.99. The molecule has 0 radical (unpaired) electrons. The van der Waals surface area contributed by atoms with Crippen molar-refractivity contribution in [3.05, 3.63) is 101 Å².